The van der Waals surface area contributed by atoms with Gasteiger partial charge in [0.15, 0.2) is 46.1 Å². The van der Waals surface area contributed by atoms with Crippen molar-refractivity contribution in [3.8, 4) is 28.5 Å². The van der Waals surface area contributed by atoms with E-state index in [1.54, 1.807) is 0 Å². The number of benzene rings is 1. The molecule has 0 fully saturated rings. The number of ether oxygens (including phenoxy) is 1. The van der Waals surface area contributed by atoms with Crippen molar-refractivity contribution < 1.29 is 66.6 Å². The van der Waals surface area contributed by atoms with Crippen LogP contribution in [0.2, 0.25) is 0 Å². The van der Waals surface area contributed by atoms with Gasteiger partial charge in [-0.15, -0.1) is 13.2 Å². The molecule has 6 N–H and O–H groups in total. The van der Waals surface area contributed by atoms with Crippen LogP contribution in [0.15, 0.2) is 33.3 Å². The Hall–Kier alpha value is -6.47. The first kappa shape index (κ1) is 32.9. The van der Waals surface area contributed by atoms with Crippen molar-refractivity contribution in [3.63, 3.8) is 0 Å². The highest BCUT2D eigenvalue weighted by molar-refractivity contribution is 6.07. The van der Waals surface area contributed by atoms with Gasteiger partial charge in [0.2, 0.25) is 0 Å². The Kier molecular flexibility index (Phi) is 8.25. The normalized spacial score (nSPS) is 12.9. The molecule has 0 bridgehead atoms. The number of fused-ring (bicyclic) bond motifs is 2. The number of pyridine rings is 2. The number of carbonyl (C=O) groups excluding carboxylic acids is 2. The summed E-state index contributed by atoms with van der Waals surface area (Å²) in [6.45, 7) is 4.20. The van der Waals surface area contributed by atoms with E-state index in [4.69, 9.17) is 9.05 Å². The van der Waals surface area contributed by atoms with Crippen LogP contribution in [-0.4, -0.2) is 82.9 Å². The molecule has 4 aromatic heterocycles. The minimum Gasteiger partial charge on any atom is -0.505 e. The third-order valence-corrected chi connectivity index (χ3v) is 6.92. The number of carboxylic acids is 2. The lowest BCUT2D eigenvalue weighted by Gasteiger charge is -2.22. The fourth-order valence-corrected chi connectivity index (χ4v) is 4.75. The summed E-state index contributed by atoms with van der Waals surface area (Å²) >= 11 is 0. The number of halogens is 3. The van der Waals surface area contributed by atoms with Crippen molar-refractivity contribution in [2.45, 2.75) is 39.2 Å². The highest BCUT2D eigenvalue weighted by Gasteiger charge is 2.39. The van der Waals surface area contributed by atoms with Crippen LogP contribution in [0.3, 0.4) is 0 Å². The first-order valence-corrected chi connectivity index (χ1v) is 13.4. The summed E-state index contributed by atoms with van der Waals surface area (Å²) in [5.74, 6) is -8.78. The van der Waals surface area contributed by atoms with E-state index in [-0.39, 0.29) is 50.3 Å². The fourth-order valence-electron chi connectivity index (χ4n) is 4.75. The second-order valence-electron chi connectivity index (χ2n) is 10.1. The second-order valence-corrected chi connectivity index (χ2v) is 10.1. The van der Waals surface area contributed by atoms with Gasteiger partial charge >= 0.3 is 18.3 Å². The van der Waals surface area contributed by atoms with Gasteiger partial charge in [0.1, 0.15) is 11.4 Å². The molecule has 5 aromatic rings. The number of aryl methyl sites for hydroxylation is 3. The summed E-state index contributed by atoms with van der Waals surface area (Å²) in [5.41, 5.74) is -1.40. The molecule has 48 heavy (non-hydrogen) atoms. The van der Waals surface area contributed by atoms with E-state index in [1.807, 2.05) is 10.6 Å². The van der Waals surface area contributed by atoms with Crippen molar-refractivity contribution in [1.82, 2.24) is 30.9 Å². The van der Waals surface area contributed by atoms with Crippen LogP contribution in [-0.2, 0) is 9.59 Å². The summed E-state index contributed by atoms with van der Waals surface area (Å²) < 4.78 is 51.8. The number of amides is 2. The molecule has 17 nitrogen and oxygen atoms in total. The summed E-state index contributed by atoms with van der Waals surface area (Å²) in [4.78, 5) is 58.6. The van der Waals surface area contributed by atoms with E-state index in [0.29, 0.717) is 0 Å². The molecule has 250 valence electrons. The molecule has 0 aliphatic carbocycles. The number of nitrogens with zero attached hydrogens (tertiary/aromatic N) is 4. The van der Waals surface area contributed by atoms with Gasteiger partial charge in [0.25, 0.3) is 11.8 Å². The van der Waals surface area contributed by atoms with Gasteiger partial charge in [-0.25, -0.2) is 19.6 Å². The molecular formula is C28H21F3N6O11. The number of aromatic hydroxyl groups is 2. The predicted octanol–water partition coefficient (Wildman–Crippen LogP) is 2.73. The molecule has 20 heteroatoms. The smallest absolute Gasteiger partial charge is 0.505 e. The van der Waals surface area contributed by atoms with Crippen molar-refractivity contribution in [3.05, 3.63) is 52.7 Å². The van der Waals surface area contributed by atoms with E-state index in [9.17, 15) is 52.8 Å². The predicted molar refractivity (Wildman–Crippen MR) is 151 cm³/mol. The minimum atomic E-state index is -4.95. The maximum Gasteiger partial charge on any atom is 0.573 e. The van der Waals surface area contributed by atoms with Crippen LogP contribution in [0.25, 0.3) is 33.2 Å². The number of hydrogen-bond donors (Lipinski definition) is 6. The van der Waals surface area contributed by atoms with Crippen molar-refractivity contribution >= 4 is 45.7 Å². The van der Waals surface area contributed by atoms with Crippen LogP contribution in [0, 0.1) is 20.8 Å². The fraction of sp³-hybridized carbons (Fsp3) is 0.214. The lowest BCUT2D eigenvalue weighted by Crippen LogP contribution is -2.59. The molecule has 0 aliphatic heterocycles. The molecule has 1 aromatic carbocycles. The standard InChI is InChI=1S/C28H21F3N6O11/c1-8-13-20(38)18(32-9(2)22(13)47-36-8)24(40)34-16(26(42)43)17(27(44)45)35-25(41)19-21(39)14-15(37-48-23(14)10(3)33-19)11-4-6-12(7-5-11)46-28(29,30)31/h4-7,16-17,38-39H,1-3H3,(H,34,40)(H,35,41)(H,42,43)(H,44,45). The lowest BCUT2D eigenvalue weighted by atomic mass is 10.0. The maximum absolute atomic E-state index is 13.3. The van der Waals surface area contributed by atoms with Crippen LogP contribution in [0.5, 0.6) is 17.2 Å². The summed E-state index contributed by atoms with van der Waals surface area (Å²) in [5, 5.41) is 52.5. The van der Waals surface area contributed by atoms with E-state index < -0.39 is 70.8 Å². The Balaban J connectivity index is 1.46. The number of aliphatic carboxylic acids is 2. The van der Waals surface area contributed by atoms with Crippen molar-refractivity contribution in [2.75, 3.05) is 0 Å². The van der Waals surface area contributed by atoms with Gasteiger partial charge < -0.3 is 44.8 Å². The number of rotatable bonds is 9. The Morgan fingerprint density at radius 2 is 1.21 bits per heavy atom. The minimum absolute atomic E-state index is 0.00798. The summed E-state index contributed by atoms with van der Waals surface area (Å²) in [7, 11) is 0. The average Bonchev–Trinajstić information content (AvgIpc) is 3.63. The quantitative estimate of drug-likeness (QED) is 0.131. The monoisotopic (exact) mass is 674 g/mol. The van der Waals surface area contributed by atoms with E-state index in [2.05, 4.69) is 25.0 Å². The average molecular weight is 675 g/mol. The Bertz CT molecular complexity index is 2130. The number of carbonyl (C=O) groups is 4. The molecule has 2 amide bonds. The Morgan fingerprint density at radius 1 is 0.750 bits per heavy atom. The first-order chi connectivity index (χ1) is 22.5. The van der Waals surface area contributed by atoms with E-state index >= 15 is 0 Å². The molecule has 2 atom stereocenters. The number of carboxylic acid groups (broad SMARTS) is 2. The molecule has 0 saturated heterocycles. The number of alkyl halides is 3. The van der Waals surface area contributed by atoms with Gasteiger partial charge in [-0.3, -0.25) is 9.59 Å². The third kappa shape index (κ3) is 6.04. The molecule has 4 heterocycles. The van der Waals surface area contributed by atoms with Gasteiger partial charge in [-0.2, -0.15) is 0 Å². The molecule has 0 aliphatic rings. The van der Waals surface area contributed by atoms with E-state index in [1.165, 1.54) is 20.8 Å². The SMILES string of the molecule is Cc1nc(C(=O)NC(C(=O)O)C(NC(=O)c2nc(C)c3onc(-c4ccc(OC(F)(F)F)cc4)c3c2O)C(=O)O)c(O)c2c(C)noc12. The van der Waals surface area contributed by atoms with Gasteiger partial charge in [-0.05, 0) is 45.0 Å². The molecule has 0 spiro atoms. The molecule has 5 rings (SSSR count). The van der Waals surface area contributed by atoms with E-state index in [0.717, 1.165) is 24.3 Å². The molecule has 0 saturated carbocycles. The second kappa shape index (κ2) is 12.0. The van der Waals surface area contributed by atoms with Crippen LogP contribution in [0.1, 0.15) is 38.1 Å². The van der Waals surface area contributed by atoms with Crippen molar-refractivity contribution in [2.24, 2.45) is 0 Å². The Morgan fingerprint density at radius 3 is 1.69 bits per heavy atom. The van der Waals surface area contributed by atoms with Gasteiger partial charge in [-0.1, -0.05) is 10.3 Å². The highest BCUT2D eigenvalue weighted by Crippen LogP contribution is 2.38. The Labute approximate surface area is 263 Å². The van der Waals surface area contributed by atoms with Crippen molar-refractivity contribution in [1.29, 1.82) is 0 Å². The number of nitrogens with one attached hydrogen (secondary N) is 2. The summed E-state index contributed by atoms with van der Waals surface area (Å²) in [6, 6.07) is -0.517. The lowest BCUT2D eigenvalue weighted by molar-refractivity contribution is -0.274. The zero-order valence-electron chi connectivity index (χ0n) is 24.5. The third-order valence-electron chi connectivity index (χ3n) is 6.92. The highest BCUT2D eigenvalue weighted by atomic mass is 19.4. The maximum atomic E-state index is 13.3. The van der Waals surface area contributed by atoms with Gasteiger partial charge in [0, 0.05) is 5.56 Å². The largest absolute Gasteiger partial charge is 0.573 e. The van der Waals surface area contributed by atoms with Crippen LogP contribution in [0.4, 0.5) is 13.2 Å². The first-order valence-electron chi connectivity index (χ1n) is 13.4. The zero-order valence-corrected chi connectivity index (χ0v) is 24.5. The molecular weight excluding hydrogens is 653 g/mol. The number of aromatic nitrogens is 4. The molecule has 0 radical (unpaired) electrons. The van der Waals surface area contributed by atoms with Crippen LogP contribution >= 0.6 is 0 Å². The zero-order chi connectivity index (χ0) is 35.2. The molecule has 2 unspecified atom stereocenters. The van der Waals surface area contributed by atoms with Crippen LogP contribution < -0.4 is 15.4 Å². The summed E-state index contributed by atoms with van der Waals surface area (Å²) in [6.07, 6.45) is -4.95. The van der Waals surface area contributed by atoms with Gasteiger partial charge in [0.05, 0.1) is 27.9 Å². The topological polar surface area (TPSA) is 260 Å². The number of hydrogen-bond acceptors (Lipinski definition) is 13.